The van der Waals surface area contributed by atoms with Gasteiger partial charge in [0.25, 0.3) is 5.91 Å². The second kappa shape index (κ2) is 9.41. The van der Waals surface area contributed by atoms with Gasteiger partial charge in [0.05, 0.1) is 16.2 Å². The van der Waals surface area contributed by atoms with Crippen LogP contribution in [0, 0.1) is 6.92 Å². The number of benzene rings is 3. The Labute approximate surface area is 198 Å². The lowest BCUT2D eigenvalue weighted by Gasteiger charge is -2.16. The molecule has 0 saturated carbocycles. The summed E-state index contributed by atoms with van der Waals surface area (Å²) in [5.74, 6) is 0.174. The highest BCUT2D eigenvalue weighted by Gasteiger charge is 2.36. The number of nitrogens with zero attached hydrogens (tertiary/aromatic N) is 1. The number of carbonyl (C=O) groups excluding carboxylic acids is 1. The van der Waals surface area contributed by atoms with Crippen LogP contribution >= 0.6 is 24.0 Å². The van der Waals surface area contributed by atoms with Gasteiger partial charge in [-0.15, -0.1) is 0 Å². The van der Waals surface area contributed by atoms with Gasteiger partial charge in [0, 0.05) is 0 Å². The first-order chi connectivity index (χ1) is 15.7. The molecule has 1 aliphatic heterocycles. The Morgan fingerprint density at radius 2 is 1.76 bits per heavy atom. The van der Waals surface area contributed by atoms with Crippen LogP contribution in [0.1, 0.15) is 22.3 Å². The summed E-state index contributed by atoms with van der Waals surface area (Å²) in [6, 6.07) is 19.8. The van der Waals surface area contributed by atoms with Gasteiger partial charge in [0.15, 0.2) is 4.32 Å². The number of carbonyl (C=O) groups is 1. The van der Waals surface area contributed by atoms with Crippen molar-refractivity contribution in [3.63, 3.8) is 0 Å². The number of hydrogen-bond acceptors (Lipinski definition) is 4. The first-order valence-electron chi connectivity index (χ1n) is 9.94. The quantitative estimate of drug-likeness (QED) is 0.288. The fraction of sp³-hybridized carbons (Fsp3) is 0.120. The van der Waals surface area contributed by atoms with Crippen LogP contribution in [-0.4, -0.2) is 10.2 Å². The van der Waals surface area contributed by atoms with Crippen molar-refractivity contribution in [2.24, 2.45) is 0 Å². The van der Waals surface area contributed by atoms with E-state index in [1.165, 1.54) is 17.7 Å². The van der Waals surface area contributed by atoms with E-state index in [1.54, 1.807) is 12.1 Å². The Morgan fingerprint density at radius 1 is 1.03 bits per heavy atom. The average Bonchev–Trinajstić information content (AvgIpc) is 3.06. The monoisotopic (exact) mass is 485 g/mol. The number of thioether (sulfide) groups is 1. The third kappa shape index (κ3) is 5.46. The van der Waals surface area contributed by atoms with E-state index in [0.717, 1.165) is 39.9 Å². The maximum Gasteiger partial charge on any atom is 0.416 e. The zero-order chi connectivity index (χ0) is 23.6. The largest absolute Gasteiger partial charge is 0.489 e. The van der Waals surface area contributed by atoms with Crippen LogP contribution in [0.15, 0.2) is 77.7 Å². The number of aryl methyl sites for hydroxylation is 1. The van der Waals surface area contributed by atoms with Crippen molar-refractivity contribution in [3.8, 4) is 5.75 Å². The molecule has 0 N–H and O–H groups in total. The lowest BCUT2D eigenvalue weighted by atomic mass is 10.1. The van der Waals surface area contributed by atoms with Gasteiger partial charge in [-0.05, 0) is 54.5 Å². The van der Waals surface area contributed by atoms with E-state index in [9.17, 15) is 18.0 Å². The molecular formula is C25H18F3NO2S2. The number of halogens is 3. The molecule has 0 atom stereocenters. The van der Waals surface area contributed by atoms with Gasteiger partial charge in [-0.25, -0.2) is 0 Å². The number of anilines is 1. The summed E-state index contributed by atoms with van der Waals surface area (Å²) in [5, 5.41) is 0. The smallest absolute Gasteiger partial charge is 0.416 e. The molecule has 0 unspecified atom stereocenters. The fourth-order valence-electron chi connectivity index (χ4n) is 3.21. The Hall–Kier alpha value is -3.10. The van der Waals surface area contributed by atoms with Gasteiger partial charge < -0.3 is 4.74 Å². The van der Waals surface area contributed by atoms with Crippen LogP contribution in [0.2, 0.25) is 0 Å². The van der Waals surface area contributed by atoms with Gasteiger partial charge in [0.1, 0.15) is 12.4 Å². The molecule has 1 fully saturated rings. The molecule has 3 aromatic carbocycles. The third-order valence-electron chi connectivity index (χ3n) is 4.91. The lowest BCUT2D eigenvalue weighted by molar-refractivity contribution is -0.137. The van der Waals surface area contributed by atoms with Crippen molar-refractivity contribution in [2.45, 2.75) is 19.7 Å². The van der Waals surface area contributed by atoms with Gasteiger partial charge in [0.2, 0.25) is 0 Å². The summed E-state index contributed by atoms with van der Waals surface area (Å²) in [6.07, 6.45) is -2.85. The topological polar surface area (TPSA) is 29.5 Å². The van der Waals surface area contributed by atoms with Gasteiger partial charge >= 0.3 is 6.18 Å². The van der Waals surface area contributed by atoms with Crippen LogP contribution in [0.3, 0.4) is 0 Å². The molecule has 4 rings (SSSR count). The average molecular weight is 486 g/mol. The maximum atomic E-state index is 13.1. The van der Waals surface area contributed by atoms with Gasteiger partial charge in [-0.1, -0.05) is 72.0 Å². The van der Waals surface area contributed by atoms with E-state index in [0.29, 0.717) is 17.3 Å². The number of thiocarbonyl (C=S) groups is 1. The van der Waals surface area contributed by atoms with E-state index in [1.807, 2.05) is 49.4 Å². The SMILES string of the molecule is Cc1ccc(COc2cccc(/C=C3\SC(=S)N(c4cccc(C(F)(F)F)c4)C3=O)c2)cc1. The molecule has 1 saturated heterocycles. The number of rotatable bonds is 5. The molecule has 33 heavy (non-hydrogen) atoms. The maximum absolute atomic E-state index is 13.1. The Balaban J connectivity index is 1.52. The first-order valence-corrected chi connectivity index (χ1v) is 11.2. The predicted molar refractivity (Wildman–Crippen MR) is 129 cm³/mol. The highest BCUT2D eigenvalue weighted by molar-refractivity contribution is 8.27. The van der Waals surface area contributed by atoms with E-state index in [4.69, 9.17) is 17.0 Å². The fourth-order valence-corrected chi connectivity index (χ4v) is 4.51. The van der Waals surface area contributed by atoms with Crippen molar-refractivity contribution in [3.05, 3.63) is 100.0 Å². The zero-order valence-electron chi connectivity index (χ0n) is 17.4. The first kappa shape index (κ1) is 23.1. The third-order valence-corrected chi connectivity index (χ3v) is 6.21. The molecule has 3 nitrogen and oxygen atoms in total. The minimum absolute atomic E-state index is 0.0888. The summed E-state index contributed by atoms with van der Waals surface area (Å²) in [5.41, 5.74) is 2.18. The second-order valence-electron chi connectivity index (χ2n) is 7.41. The van der Waals surface area contributed by atoms with Crippen LogP contribution in [0.4, 0.5) is 18.9 Å². The number of amides is 1. The summed E-state index contributed by atoms with van der Waals surface area (Å²) in [4.78, 5) is 14.4. The molecule has 1 heterocycles. The number of hydrogen-bond donors (Lipinski definition) is 0. The molecular weight excluding hydrogens is 467 g/mol. The molecule has 168 valence electrons. The van der Waals surface area contributed by atoms with Crippen molar-refractivity contribution in [2.75, 3.05) is 4.90 Å². The van der Waals surface area contributed by atoms with Crippen LogP contribution in [0.5, 0.6) is 5.75 Å². The van der Waals surface area contributed by atoms with Crippen LogP contribution in [-0.2, 0) is 17.6 Å². The highest BCUT2D eigenvalue weighted by atomic mass is 32.2. The van der Waals surface area contributed by atoms with Crippen molar-refractivity contribution in [1.29, 1.82) is 0 Å². The predicted octanol–water partition coefficient (Wildman–Crippen LogP) is 7.00. The van der Waals surface area contributed by atoms with Crippen molar-refractivity contribution in [1.82, 2.24) is 0 Å². The van der Waals surface area contributed by atoms with Crippen molar-refractivity contribution < 1.29 is 22.7 Å². The highest BCUT2D eigenvalue weighted by Crippen LogP contribution is 2.38. The van der Waals surface area contributed by atoms with Gasteiger partial charge in [-0.2, -0.15) is 13.2 Å². The van der Waals surface area contributed by atoms with E-state index >= 15 is 0 Å². The second-order valence-corrected chi connectivity index (χ2v) is 9.09. The van der Waals surface area contributed by atoms with Crippen LogP contribution in [0.25, 0.3) is 6.08 Å². The Bertz CT molecular complexity index is 1240. The molecule has 0 aromatic heterocycles. The minimum atomic E-state index is -4.51. The molecule has 1 amide bonds. The molecule has 8 heteroatoms. The number of ether oxygens (including phenoxy) is 1. The zero-order valence-corrected chi connectivity index (χ0v) is 19.1. The lowest BCUT2D eigenvalue weighted by Crippen LogP contribution is -2.27. The van der Waals surface area contributed by atoms with E-state index < -0.39 is 17.6 Å². The minimum Gasteiger partial charge on any atom is -0.489 e. The Morgan fingerprint density at radius 3 is 2.48 bits per heavy atom. The molecule has 0 spiro atoms. The van der Waals surface area contributed by atoms with E-state index in [-0.39, 0.29) is 10.0 Å². The molecule has 0 aliphatic carbocycles. The van der Waals surface area contributed by atoms with Crippen LogP contribution < -0.4 is 9.64 Å². The Kier molecular flexibility index (Phi) is 6.58. The normalized spacial score (nSPS) is 15.4. The summed E-state index contributed by atoms with van der Waals surface area (Å²) in [6.45, 7) is 2.42. The van der Waals surface area contributed by atoms with Crippen molar-refractivity contribution >= 4 is 46.0 Å². The molecule has 0 radical (unpaired) electrons. The van der Waals surface area contributed by atoms with Gasteiger partial charge in [-0.3, -0.25) is 9.69 Å². The molecule has 3 aromatic rings. The number of alkyl halides is 3. The summed E-state index contributed by atoms with van der Waals surface area (Å²) >= 11 is 6.33. The van der Waals surface area contributed by atoms with E-state index in [2.05, 4.69) is 0 Å². The molecule has 1 aliphatic rings. The molecule has 0 bridgehead atoms. The summed E-state index contributed by atoms with van der Waals surface area (Å²) < 4.78 is 45.3. The standard InChI is InChI=1S/C25H18F3NO2S2/c1-16-8-10-17(11-9-16)15-31-21-7-2-4-18(12-21)13-22-23(30)29(24(32)33-22)20-6-3-5-19(14-20)25(26,27)28/h2-14H,15H2,1H3/b22-13-. The summed E-state index contributed by atoms with van der Waals surface area (Å²) in [7, 11) is 0.